The van der Waals surface area contributed by atoms with Crippen molar-refractivity contribution in [1.82, 2.24) is 0 Å². The van der Waals surface area contributed by atoms with E-state index in [2.05, 4.69) is 16.3 Å². The zero-order valence-electron chi connectivity index (χ0n) is 4.63. The van der Waals surface area contributed by atoms with Gasteiger partial charge in [0.1, 0.15) is 0 Å². The first kappa shape index (κ1) is 10.8. The van der Waals surface area contributed by atoms with E-state index in [0.717, 1.165) is 0 Å². The lowest BCUT2D eigenvalue weighted by molar-refractivity contribution is -0.387. The van der Waals surface area contributed by atoms with Crippen molar-refractivity contribution in [2.45, 2.75) is 18.1 Å². The molecule has 11 heavy (non-hydrogen) atoms. The Kier molecular flexibility index (Phi) is 3.01. The van der Waals surface area contributed by atoms with E-state index in [1.165, 1.54) is 0 Å². The van der Waals surface area contributed by atoms with Gasteiger partial charge in [0.2, 0.25) is 0 Å². The third kappa shape index (κ3) is 4.31. The van der Waals surface area contributed by atoms with Crippen molar-refractivity contribution >= 4 is 11.6 Å². The molecule has 0 aliphatic heterocycles. The molecule has 1 atom stereocenters. The van der Waals surface area contributed by atoms with Crippen molar-refractivity contribution in [3.05, 3.63) is 0 Å². The van der Waals surface area contributed by atoms with Crippen molar-refractivity contribution in [1.29, 1.82) is 0 Å². The Bertz CT molecular complexity index is 130. The van der Waals surface area contributed by atoms with Gasteiger partial charge < -0.3 is 0 Å². The second kappa shape index (κ2) is 3.06. The molecule has 0 aliphatic carbocycles. The fraction of sp³-hybridized carbons (Fsp3) is 1.00. The topological polar surface area (TPSA) is 9.23 Å². The summed E-state index contributed by atoms with van der Waals surface area (Å²) in [5, 5.41) is -4.50. The molecule has 0 aromatic carbocycles. The average molecular weight is 202 g/mol. The molecule has 1 nitrogen and oxygen atoms in total. The quantitative estimate of drug-likeness (QED) is 0.494. The molecule has 0 aromatic heterocycles. The molecule has 0 heterocycles. The standard InChI is InChI=1S/C3HClF6O/c4-2(7,1(5)6)11-3(8,9)10/h1H. The molecule has 0 bridgehead atoms. The number of ether oxygens (including phenoxy) is 1. The number of hydrogen-bond acceptors (Lipinski definition) is 1. The van der Waals surface area contributed by atoms with Crippen LogP contribution in [0.4, 0.5) is 26.3 Å². The van der Waals surface area contributed by atoms with Crippen LogP contribution in [0.2, 0.25) is 0 Å². The summed E-state index contributed by atoms with van der Waals surface area (Å²) in [4.78, 5) is 0. The highest BCUT2D eigenvalue weighted by molar-refractivity contribution is 6.22. The van der Waals surface area contributed by atoms with Gasteiger partial charge in [0, 0.05) is 0 Å². The van der Waals surface area contributed by atoms with E-state index in [9.17, 15) is 26.3 Å². The van der Waals surface area contributed by atoms with Crippen LogP contribution in [-0.2, 0) is 4.74 Å². The van der Waals surface area contributed by atoms with Gasteiger partial charge in [-0.15, -0.1) is 13.2 Å². The highest BCUT2D eigenvalue weighted by atomic mass is 35.5. The highest BCUT2D eigenvalue weighted by Crippen LogP contribution is 2.34. The molecular weight excluding hydrogens is 201 g/mol. The van der Waals surface area contributed by atoms with Crippen LogP contribution in [0.15, 0.2) is 0 Å². The third-order valence-electron chi connectivity index (χ3n) is 0.506. The second-order valence-corrected chi connectivity index (χ2v) is 1.93. The van der Waals surface area contributed by atoms with Crippen molar-refractivity contribution in [3.63, 3.8) is 0 Å². The molecular formula is C3HClF6O. The summed E-state index contributed by atoms with van der Waals surface area (Å²) in [6.45, 7) is 0. The first-order valence-corrected chi connectivity index (χ1v) is 2.46. The van der Waals surface area contributed by atoms with E-state index in [0.29, 0.717) is 0 Å². The third-order valence-corrected chi connectivity index (χ3v) is 0.748. The summed E-state index contributed by atoms with van der Waals surface area (Å²) in [5.41, 5.74) is 0. The Morgan fingerprint density at radius 1 is 1.09 bits per heavy atom. The number of rotatable bonds is 2. The van der Waals surface area contributed by atoms with Crippen molar-refractivity contribution < 1.29 is 31.1 Å². The van der Waals surface area contributed by atoms with Crippen molar-refractivity contribution in [2.24, 2.45) is 0 Å². The van der Waals surface area contributed by atoms with Crippen LogP contribution in [0.5, 0.6) is 0 Å². The van der Waals surface area contributed by atoms with Crippen LogP contribution in [0.1, 0.15) is 0 Å². The van der Waals surface area contributed by atoms with Gasteiger partial charge in [-0.1, -0.05) is 0 Å². The maximum absolute atomic E-state index is 11.8. The Morgan fingerprint density at radius 2 is 1.45 bits per heavy atom. The molecule has 0 amide bonds. The molecule has 68 valence electrons. The van der Waals surface area contributed by atoms with Gasteiger partial charge in [-0.25, -0.2) is 13.5 Å². The van der Waals surface area contributed by atoms with Gasteiger partial charge in [0.25, 0.3) is 0 Å². The van der Waals surface area contributed by atoms with Gasteiger partial charge in [-0.3, -0.25) is 0 Å². The molecule has 0 N–H and O–H groups in total. The number of alkyl halides is 7. The number of halogens is 7. The predicted octanol–water partition coefficient (Wildman–Crippen LogP) is 2.65. The average Bonchev–Trinajstić information content (AvgIpc) is 1.56. The van der Waals surface area contributed by atoms with Crippen molar-refractivity contribution in [3.8, 4) is 0 Å². The first-order chi connectivity index (χ1) is 4.65. The van der Waals surface area contributed by atoms with Gasteiger partial charge in [-0.05, 0) is 11.6 Å². The minimum Gasteiger partial charge on any atom is -0.235 e. The molecule has 0 saturated carbocycles. The smallest absolute Gasteiger partial charge is 0.235 e. The summed E-state index contributed by atoms with van der Waals surface area (Å²) in [7, 11) is 0. The zero-order chi connectivity index (χ0) is 9.28. The van der Waals surface area contributed by atoms with Crippen LogP contribution in [0.25, 0.3) is 0 Å². The molecule has 0 radical (unpaired) electrons. The molecule has 0 spiro atoms. The molecule has 0 saturated heterocycles. The fourth-order valence-corrected chi connectivity index (χ4v) is 0.286. The van der Waals surface area contributed by atoms with Gasteiger partial charge in [0.15, 0.2) is 0 Å². The molecule has 0 aromatic rings. The first-order valence-electron chi connectivity index (χ1n) is 2.08. The number of hydrogen-bond donors (Lipinski definition) is 0. The van der Waals surface area contributed by atoms with E-state index < -0.39 is 18.1 Å². The molecule has 8 heteroatoms. The minimum absolute atomic E-state index is 2.24. The Balaban J connectivity index is 4.13. The van der Waals surface area contributed by atoms with Crippen molar-refractivity contribution in [2.75, 3.05) is 0 Å². The van der Waals surface area contributed by atoms with E-state index in [1.54, 1.807) is 0 Å². The lowest BCUT2D eigenvalue weighted by Crippen LogP contribution is -2.35. The molecule has 0 fully saturated rings. The predicted molar refractivity (Wildman–Crippen MR) is 22.8 cm³/mol. The second-order valence-electron chi connectivity index (χ2n) is 1.41. The Hall–Kier alpha value is -0.170. The molecule has 0 rings (SSSR count). The zero-order valence-corrected chi connectivity index (χ0v) is 5.39. The van der Waals surface area contributed by atoms with Crippen LogP contribution in [-0.4, -0.2) is 18.1 Å². The van der Waals surface area contributed by atoms with E-state index in [4.69, 9.17) is 0 Å². The van der Waals surface area contributed by atoms with Crippen LogP contribution >= 0.6 is 11.6 Å². The van der Waals surface area contributed by atoms with E-state index >= 15 is 0 Å². The normalized spacial score (nSPS) is 18.5. The van der Waals surface area contributed by atoms with Crippen LogP contribution < -0.4 is 0 Å². The summed E-state index contributed by atoms with van der Waals surface area (Å²) >= 11 is 4.00. The monoisotopic (exact) mass is 202 g/mol. The lowest BCUT2D eigenvalue weighted by atomic mass is 10.7. The van der Waals surface area contributed by atoms with Gasteiger partial charge >= 0.3 is 18.1 Å². The van der Waals surface area contributed by atoms with Crippen LogP contribution in [0.3, 0.4) is 0 Å². The van der Waals surface area contributed by atoms with Gasteiger partial charge in [-0.2, -0.15) is 4.39 Å². The van der Waals surface area contributed by atoms with E-state index in [1.807, 2.05) is 0 Å². The summed E-state index contributed by atoms with van der Waals surface area (Å²) in [6, 6.07) is 0. The SMILES string of the molecule is FC(F)C(F)(Cl)OC(F)(F)F. The largest absolute Gasteiger partial charge is 0.526 e. The Labute approximate surface area is 61.9 Å². The van der Waals surface area contributed by atoms with Gasteiger partial charge in [0.05, 0.1) is 0 Å². The minimum atomic E-state index is -5.52. The van der Waals surface area contributed by atoms with E-state index in [-0.39, 0.29) is 0 Å². The summed E-state index contributed by atoms with van der Waals surface area (Å²) in [6.07, 6.45) is -9.58. The molecule has 1 unspecified atom stereocenters. The highest BCUT2D eigenvalue weighted by Gasteiger charge is 2.49. The maximum Gasteiger partial charge on any atom is 0.526 e. The molecule has 0 aliphatic rings. The van der Waals surface area contributed by atoms with Crippen LogP contribution in [0, 0.1) is 0 Å². The fourth-order valence-electron chi connectivity index (χ4n) is 0.199. The summed E-state index contributed by atoms with van der Waals surface area (Å²) < 4.78 is 69.5. The Morgan fingerprint density at radius 3 is 1.55 bits per heavy atom. The lowest BCUT2D eigenvalue weighted by Gasteiger charge is -2.18. The summed E-state index contributed by atoms with van der Waals surface area (Å²) in [5.74, 6) is 0. The maximum atomic E-state index is 11.8.